The van der Waals surface area contributed by atoms with Crippen LogP contribution in [0.25, 0.3) is 33.4 Å². The van der Waals surface area contributed by atoms with Crippen molar-refractivity contribution < 1.29 is 0 Å². The number of hydrogen-bond donors (Lipinski definition) is 1. The van der Waals surface area contributed by atoms with Crippen molar-refractivity contribution in [1.82, 2.24) is 0 Å². The largest absolute Gasteiger partial charge is 0.356 e. The maximum atomic E-state index is 3.74. The van der Waals surface area contributed by atoms with Gasteiger partial charge in [-0.1, -0.05) is 91.0 Å². The van der Waals surface area contributed by atoms with Crippen LogP contribution in [0.2, 0.25) is 0 Å². The van der Waals surface area contributed by atoms with Crippen LogP contribution < -0.4 is 5.32 Å². The van der Waals surface area contributed by atoms with Gasteiger partial charge in [-0.2, -0.15) is 0 Å². The molecule has 1 heteroatoms. The predicted octanol–water partition coefficient (Wildman–Crippen LogP) is 10.5. The van der Waals surface area contributed by atoms with Crippen LogP contribution in [0.5, 0.6) is 0 Å². The average Bonchev–Trinajstić information content (AvgIpc) is 3.30. The topological polar surface area (TPSA) is 12.0 Å². The van der Waals surface area contributed by atoms with E-state index < -0.39 is 0 Å². The SMILES string of the molecule is c1ccc(-c2ccc(Nc3ccc4c(c3)-c3ccc(-c5ccccc5)cc3C43C4CC5CC(C4)CC3C5)cc2)cc1. The van der Waals surface area contributed by atoms with Crippen LogP contribution in [-0.2, 0) is 5.41 Å². The normalized spacial score (nSPS) is 26.6. The molecule has 10 rings (SSSR count). The highest BCUT2D eigenvalue weighted by Crippen LogP contribution is 2.69. The molecule has 0 aliphatic heterocycles. The zero-order chi connectivity index (χ0) is 27.0. The Bertz CT molecular complexity index is 1720. The minimum absolute atomic E-state index is 0.179. The quantitative estimate of drug-likeness (QED) is 0.244. The van der Waals surface area contributed by atoms with Gasteiger partial charge in [0.2, 0.25) is 0 Å². The zero-order valence-corrected chi connectivity index (χ0v) is 23.4. The predicted molar refractivity (Wildman–Crippen MR) is 170 cm³/mol. The minimum atomic E-state index is 0.179. The van der Waals surface area contributed by atoms with Gasteiger partial charge in [0, 0.05) is 16.8 Å². The second-order valence-electron chi connectivity index (χ2n) is 13.1. The molecule has 5 aromatic rings. The summed E-state index contributed by atoms with van der Waals surface area (Å²) in [6, 6.07) is 45.1. The number of hydrogen-bond acceptors (Lipinski definition) is 1. The lowest BCUT2D eigenvalue weighted by Gasteiger charge is -2.61. The average molecular weight is 530 g/mol. The van der Waals surface area contributed by atoms with Crippen molar-refractivity contribution in [3.63, 3.8) is 0 Å². The maximum absolute atomic E-state index is 3.74. The third-order valence-corrected chi connectivity index (χ3v) is 11.0. The van der Waals surface area contributed by atoms with Gasteiger partial charge in [-0.15, -0.1) is 0 Å². The van der Waals surface area contributed by atoms with E-state index in [1.54, 1.807) is 11.1 Å². The molecule has 1 nitrogen and oxygen atoms in total. The fraction of sp³-hybridized carbons (Fsp3) is 0.250. The third kappa shape index (κ3) is 3.54. The molecule has 0 radical (unpaired) electrons. The highest BCUT2D eigenvalue weighted by Gasteiger charge is 2.61. The Hall–Kier alpha value is -4.10. The maximum Gasteiger partial charge on any atom is 0.0390 e. The standard InChI is InChI=1S/C40H35N/c1-3-7-28(8-4-1)30-11-14-34(15-12-30)41-35-16-18-38-37(25-35)36-17-13-31(29-9-5-2-6-10-29)24-39(36)40(38)32-20-26-19-27(22-32)23-33(40)21-26/h1-18,24-27,32-33,41H,19-23H2. The highest BCUT2D eigenvalue weighted by molar-refractivity contribution is 5.87. The van der Waals surface area contributed by atoms with Crippen LogP contribution >= 0.6 is 0 Å². The molecule has 4 fully saturated rings. The first kappa shape index (κ1) is 23.6. The summed E-state index contributed by atoms with van der Waals surface area (Å²) in [5.74, 6) is 3.45. The van der Waals surface area contributed by atoms with Crippen LogP contribution in [0.1, 0.15) is 43.2 Å². The fourth-order valence-corrected chi connectivity index (χ4v) is 9.63. The Morgan fingerprint density at radius 3 is 1.66 bits per heavy atom. The van der Waals surface area contributed by atoms with Crippen molar-refractivity contribution in [1.29, 1.82) is 0 Å². The van der Waals surface area contributed by atoms with Crippen molar-refractivity contribution in [2.24, 2.45) is 23.7 Å². The van der Waals surface area contributed by atoms with Gasteiger partial charge >= 0.3 is 0 Å². The summed E-state index contributed by atoms with van der Waals surface area (Å²) >= 11 is 0. The first-order valence-corrected chi connectivity index (χ1v) is 15.5. The van der Waals surface area contributed by atoms with Gasteiger partial charge in [-0.25, -0.2) is 0 Å². The highest BCUT2D eigenvalue weighted by atomic mass is 14.9. The molecule has 200 valence electrons. The van der Waals surface area contributed by atoms with Gasteiger partial charge in [0.05, 0.1) is 0 Å². The van der Waals surface area contributed by atoms with Crippen molar-refractivity contribution in [3.05, 3.63) is 132 Å². The van der Waals surface area contributed by atoms with Gasteiger partial charge in [-0.3, -0.25) is 0 Å². The second kappa shape index (κ2) is 8.95. The van der Waals surface area contributed by atoms with Gasteiger partial charge < -0.3 is 5.32 Å². The Kier molecular flexibility index (Phi) is 5.15. The molecule has 5 aromatic carbocycles. The van der Waals surface area contributed by atoms with E-state index >= 15 is 0 Å². The molecule has 5 aliphatic carbocycles. The lowest BCUT2D eigenvalue weighted by atomic mass is 9.43. The van der Waals surface area contributed by atoms with Crippen LogP contribution in [0.3, 0.4) is 0 Å². The van der Waals surface area contributed by atoms with Crippen LogP contribution in [0, 0.1) is 23.7 Å². The smallest absolute Gasteiger partial charge is 0.0390 e. The molecular formula is C40H35N. The van der Waals surface area contributed by atoms with Crippen LogP contribution in [0.4, 0.5) is 11.4 Å². The first-order valence-electron chi connectivity index (χ1n) is 15.5. The number of rotatable bonds is 4. The summed E-state index contributed by atoms with van der Waals surface area (Å²) in [6.45, 7) is 0. The molecule has 0 heterocycles. The van der Waals surface area contributed by atoms with E-state index in [4.69, 9.17) is 0 Å². The van der Waals surface area contributed by atoms with Crippen LogP contribution in [0.15, 0.2) is 121 Å². The molecular weight excluding hydrogens is 494 g/mol. The Morgan fingerprint density at radius 1 is 0.439 bits per heavy atom. The van der Waals surface area contributed by atoms with Crippen molar-refractivity contribution >= 4 is 11.4 Å². The number of fused-ring (bicyclic) bond motifs is 3. The van der Waals surface area contributed by atoms with Crippen molar-refractivity contribution in [3.8, 4) is 33.4 Å². The van der Waals surface area contributed by atoms with E-state index in [-0.39, 0.29) is 5.41 Å². The third-order valence-electron chi connectivity index (χ3n) is 11.0. The summed E-state index contributed by atoms with van der Waals surface area (Å²) in [7, 11) is 0. The van der Waals surface area contributed by atoms with Gasteiger partial charge in [-0.05, 0) is 131 Å². The van der Waals surface area contributed by atoms with E-state index in [1.165, 1.54) is 71.2 Å². The van der Waals surface area contributed by atoms with E-state index in [9.17, 15) is 0 Å². The first-order chi connectivity index (χ1) is 20.3. The van der Waals surface area contributed by atoms with Crippen molar-refractivity contribution in [2.75, 3.05) is 5.32 Å². The van der Waals surface area contributed by atoms with Gasteiger partial charge in [0.1, 0.15) is 0 Å². The second-order valence-corrected chi connectivity index (χ2v) is 13.1. The lowest BCUT2D eigenvalue weighted by molar-refractivity contribution is -0.0399. The number of anilines is 2. The number of nitrogens with one attached hydrogen (secondary N) is 1. The van der Waals surface area contributed by atoms with Crippen molar-refractivity contribution in [2.45, 2.75) is 37.5 Å². The lowest BCUT2D eigenvalue weighted by Crippen LogP contribution is -2.55. The summed E-state index contributed by atoms with van der Waals surface area (Å²) in [5, 5.41) is 3.74. The van der Waals surface area contributed by atoms with Crippen LogP contribution in [-0.4, -0.2) is 0 Å². The van der Waals surface area contributed by atoms with Gasteiger partial charge in [0.25, 0.3) is 0 Å². The molecule has 5 aliphatic rings. The summed E-state index contributed by atoms with van der Waals surface area (Å²) in [5.41, 5.74) is 13.8. The molecule has 0 saturated heterocycles. The Labute approximate surface area is 243 Å². The molecule has 0 unspecified atom stereocenters. The van der Waals surface area contributed by atoms with E-state index in [1.807, 2.05) is 0 Å². The molecule has 4 bridgehead atoms. The van der Waals surface area contributed by atoms with E-state index in [2.05, 4.69) is 127 Å². The summed E-state index contributed by atoms with van der Waals surface area (Å²) in [4.78, 5) is 0. The summed E-state index contributed by atoms with van der Waals surface area (Å²) in [6.07, 6.45) is 7.13. The fourth-order valence-electron chi connectivity index (χ4n) is 9.63. The molecule has 1 N–H and O–H groups in total. The monoisotopic (exact) mass is 529 g/mol. The molecule has 41 heavy (non-hydrogen) atoms. The molecule has 0 atom stereocenters. The van der Waals surface area contributed by atoms with Gasteiger partial charge in [0.15, 0.2) is 0 Å². The zero-order valence-electron chi connectivity index (χ0n) is 23.4. The molecule has 0 aromatic heterocycles. The van der Waals surface area contributed by atoms with E-state index in [0.717, 1.165) is 29.4 Å². The summed E-state index contributed by atoms with van der Waals surface area (Å²) < 4.78 is 0. The molecule has 1 spiro atoms. The number of benzene rings is 5. The molecule has 4 saturated carbocycles. The minimum Gasteiger partial charge on any atom is -0.356 e. The van der Waals surface area contributed by atoms with E-state index in [0.29, 0.717) is 0 Å². The molecule has 0 amide bonds. The Balaban J connectivity index is 1.13. The Morgan fingerprint density at radius 2 is 1.00 bits per heavy atom.